The lowest BCUT2D eigenvalue weighted by Crippen LogP contribution is -2.19. The van der Waals surface area contributed by atoms with Crippen LogP contribution < -0.4 is 0 Å². The van der Waals surface area contributed by atoms with Gasteiger partial charge in [-0.2, -0.15) is 0 Å². The number of rotatable bonds is 0. The minimum atomic E-state index is -0.0591. The van der Waals surface area contributed by atoms with Crippen LogP contribution in [0.1, 0.15) is 17.3 Å². The fraction of sp³-hybridized carbons (Fsp3) is 0.167. The molecule has 2 atom stereocenters. The summed E-state index contributed by atoms with van der Waals surface area (Å²) in [4.78, 5) is 8.70. The van der Waals surface area contributed by atoms with Crippen molar-refractivity contribution >= 4 is 12.3 Å². The molecule has 0 spiro atoms. The highest BCUT2D eigenvalue weighted by atomic mass is 16.3. The monoisotopic (exact) mass is 198 g/mol. The van der Waals surface area contributed by atoms with E-state index in [4.69, 9.17) is 0 Å². The van der Waals surface area contributed by atoms with Crippen LogP contribution in [-0.2, 0) is 0 Å². The Morgan fingerprint density at radius 3 is 3.20 bits per heavy atom. The summed E-state index contributed by atoms with van der Waals surface area (Å²) in [5.41, 5.74) is 1.91. The Bertz CT molecular complexity index is 488. The first-order valence-electron chi connectivity index (χ1n) is 4.92. The molecule has 0 radical (unpaired) electrons. The normalized spacial score (nSPS) is 26.8. The van der Waals surface area contributed by atoms with Crippen molar-refractivity contribution in [1.29, 1.82) is 0 Å². The third kappa shape index (κ3) is 1.20. The van der Waals surface area contributed by atoms with Crippen molar-refractivity contribution in [3.63, 3.8) is 0 Å². The van der Waals surface area contributed by atoms with Gasteiger partial charge in [0.05, 0.1) is 11.6 Å². The molecule has 3 rings (SSSR count). The van der Waals surface area contributed by atoms with E-state index in [9.17, 15) is 5.11 Å². The molecule has 2 aliphatic rings. The summed E-state index contributed by atoms with van der Waals surface area (Å²) >= 11 is 0. The average molecular weight is 198 g/mol. The molecule has 2 unspecified atom stereocenters. The predicted octanol–water partition coefficient (Wildman–Crippen LogP) is 2.29. The Balaban J connectivity index is 2.20. The fourth-order valence-corrected chi connectivity index (χ4v) is 2.07. The molecule has 3 heteroatoms. The Morgan fingerprint density at radius 2 is 2.27 bits per heavy atom. The number of aromatic nitrogens is 1. The van der Waals surface area contributed by atoms with Crippen LogP contribution in [-0.4, -0.2) is 16.3 Å². The molecule has 0 bridgehead atoms. The number of pyridine rings is 1. The van der Waals surface area contributed by atoms with Crippen LogP contribution in [0.5, 0.6) is 0 Å². The van der Waals surface area contributed by atoms with Gasteiger partial charge in [0, 0.05) is 18.0 Å². The molecule has 1 aromatic rings. The zero-order chi connectivity index (χ0) is 10.3. The first-order chi connectivity index (χ1) is 7.36. The molecule has 3 nitrogen and oxygen atoms in total. The summed E-state index contributed by atoms with van der Waals surface area (Å²) in [5, 5.41) is 9.86. The van der Waals surface area contributed by atoms with Gasteiger partial charge in [-0.1, -0.05) is 12.1 Å². The van der Waals surface area contributed by atoms with Gasteiger partial charge in [-0.25, -0.2) is 0 Å². The quantitative estimate of drug-likeness (QED) is 0.695. The molecule has 15 heavy (non-hydrogen) atoms. The molecule has 2 heterocycles. The van der Waals surface area contributed by atoms with Crippen molar-refractivity contribution in [3.8, 4) is 0 Å². The summed E-state index contributed by atoms with van der Waals surface area (Å²) in [5.74, 6) is 0.325. The van der Waals surface area contributed by atoms with E-state index in [2.05, 4.69) is 9.98 Å². The number of aliphatic hydroxyl groups is 1. The second kappa shape index (κ2) is 3.05. The SMILES string of the molecule is OC1=Cc2cccnc2C2N=CC=CC12. The second-order valence-corrected chi connectivity index (χ2v) is 3.70. The Hall–Kier alpha value is -1.90. The summed E-state index contributed by atoms with van der Waals surface area (Å²) in [6.45, 7) is 0. The van der Waals surface area contributed by atoms with E-state index < -0.39 is 0 Å². The third-order valence-corrected chi connectivity index (χ3v) is 2.79. The number of nitrogens with zero attached hydrogens (tertiary/aromatic N) is 2. The largest absolute Gasteiger partial charge is 0.512 e. The van der Waals surface area contributed by atoms with Gasteiger partial charge in [-0.3, -0.25) is 9.98 Å². The lowest BCUT2D eigenvalue weighted by atomic mass is 9.85. The second-order valence-electron chi connectivity index (χ2n) is 3.70. The van der Waals surface area contributed by atoms with Crippen molar-refractivity contribution in [2.75, 3.05) is 0 Å². The number of hydrogen-bond donors (Lipinski definition) is 1. The molecule has 74 valence electrons. The zero-order valence-electron chi connectivity index (χ0n) is 8.04. The third-order valence-electron chi connectivity index (χ3n) is 2.79. The van der Waals surface area contributed by atoms with E-state index >= 15 is 0 Å². The van der Waals surface area contributed by atoms with Crippen LogP contribution in [0.4, 0.5) is 0 Å². The van der Waals surface area contributed by atoms with Crippen molar-refractivity contribution in [2.45, 2.75) is 6.04 Å². The number of hydrogen-bond acceptors (Lipinski definition) is 3. The maximum absolute atomic E-state index is 9.86. The molecule has 1 aromatic heterocycles. The van der Waals surface area contributed by atoms with Crippen LogP contribution in [0.3, 0.4) is 0 Å². The minimum Gasteiger partial charge on any atom is -0.512 e. The molecule has 0 fully saturated rings. The molecule has 1 aliphatic carbocycles. The highest BCUT2D eigenvalue weighted by Crippen LogP contribution is 2.38. The summed E-state index contributed by atoms with van der Waals surface area (Å²) in [7, 11) is 0. The molecule has 0 amide bonds. The van der Waals surface area contributed by atoms with Gasteiger partial charge < -0.3 is 5.11 Å². The number of allylic oxidation sites excluding steroid dienone is 1. The Kier molecular flexibility index (Phi) is 1.71. The van der Waals surface area contributed by atoms with E-state index in [-0.39, 0.29) is 12.0 Å². The van der Waals surface area contributed by atoms with Crippen LogP contribution in [0, 0.1) is 5.92 Å². The molecule has 0 saturated carbocycles. The van der Waals surface area contributed by atoms with Crippen LogP contribution in [0.2, 0.25) is 0 Å². The van der Waals surface area contributed by atoms with E-state index in [1.807, 2.05) is 24.3 Å². The first-order valence-corrected chi connectivity index (χ1v) is 4.92. The first kappa shape index (κ1) is 8.41. The van der Waals surface area contributed by atoms with Crippen LogP contribution in [0.25, 0.3) is 6.08 Å². The van der Waals surface area contributed by atoms with Gasteiger partial charge in [-0.05, 0) is 18.2 Å². The van der Waals surface area contributed by atoms with E-state index in [1.165, 1.54) is 0 Å². The number of fused-ring (bicyclic) bond motifs is 3. The lowest BCUT2D eigenvalue weighted by molar-refractivity contribution is 0.332. The number of aliphatic imine (C=N–C) groups is 1. The van der Waals surface area contributed by atoms with Gasteiger partial charge in [0.1, 0.15) is 11.8 Å². The average Bonchev–Trinajstić information content (AvgIpc) is 2.30. The standard InChI is InChI=1S/C12H10N2O/c15-10-7-8-3-1-5-13-11(8)12-9(10)4-2-6-14-12/h1-7,9,12,15H. The van der Waals surface area contributed by atoms with Crippen molar-refractivity contribution < 1.29 is 5.11 Å². The number of aliphatic hydroxyl groups excluding tert-OH is 1. The van der Waals surface area contributed by atoms with Crippen LogP contribution >= 0.6 is 0 Å². The molecule has 1 N–H and O–H groups in total. The molecule has 0 aromatic carbocycles. The highest BCUT2D eigenvalue weighted by Gasteiger charge is 2.31. The Labute approximate surface area is 87.5 Å². The highest BCUT2D eigenvalue weighted by molar-refractivity contribution is 5.74. The molecule has 1 aliphatic heterocycles. The van der Waals surface area contributed by atoms with Crippen molar-refractivity contribution in [2.24, 2.45) is 10.9 Å². The number of dihydropyridines is 1. The molecular formula is C12H10N2O. The maximum Gasteiger partial charge on any atom is 0.106 e. The van der Waals surface area contributed by atoms with Gasteiger partial charge in [0.15, 0.2) is 0 Å². The Morgan fingerprint density at radius 1 is 1.33 bits per heavy atom. The van der Waals surface area contributed by atoms with Gasteiger partial charge >= 0.3 is 0 Å². The van der Waals surface area contributed by atoms with E-state index in [0.29, 0.717) is 5.76 Å². The predicted molar refractivity (Wildman–Crippen MR) is 58.7 cm³/mol. The van der Waals surface area contributed by atoms with Gasteiger partial charge in [-0.15, -0.1) is 0 Å². The lowest BCUT2D eigenvalue weighted by Gasteiger charge is -2.27. The molecule has 0 saturated heterocycles. The van der Waals surface area contributed by atoms with Gasteiger partial charge in [0.25, 0.3) is 0 Å². The fourth-order valence-electron chi connectivity index (χ4n) is 2.07. The van der Waals surface area contributed by atoms with Crippen molar-refractivity contribution in [3.05, 3.63) is 47.5 Å². The van der Waals surface area contributed by atoms with E-state index in [1.54, 1.807) is 18.5 Å². The summed E-state index contributed by atoms with van der Waals surface area (Å²) in [6, 6.07) is 3.75. The smallest absolute Gasteiger partial charge is 0.106 e. The molecular weight excluding hydrogens is 188 g/mol. The zero-order valence-corrected chi connectivity index (χ0v) is 8.04. The maximum atomic E-state index is 9.86. The summed E-state index contributed by atoms with van der Waals surface area (Å²) < 4.78 is 0. The van der Waals surface area contributed by atoms with E-state index in [0.717, 1.165) is 11.3 Å². The van der Waals surface area contributed by atoms with Crippen molar-refractivity contribution in [1.82, 2.24) is 4.98 Å². The van der Waals surface area contributed by atoms with Gasteiger partial charge in [0.2, 0.25) is 0 Å². The van der Waals surface area contributed by atoms with Crippen LogP contribution in [0.15, 0.2) is 41.2 Å². The summed E-state index contributed by atoms with van der Waals surface area (Å²) in [6.07, 6.45) is 9.12. The topological polar surface area (TPSA) is 45.5 Å². The minimum absolute atomic E-state index is 0.0441.